The molecule has 2 heterocycles. The molecule has 8 nitrogen and oxygen atoms in total. The van der Waals surface area contributed by atoms with Crippen molar-refractivity contribution >= 4 is 17.7 Å². The van der Waals surface area contributed by atoms with Gasteiger partial charge in [-0.2, -0.15) is 5.10 Å². The van der Waals surface area contributed by atoms with Crippen molar-refractivity contribution < 1.29 is 23.0 Å². The van der Waals surface area contributed by atoms with E-state index >= 15 is 0 Å². The fraction of sp³-hybridized carbons (Fsp3) is 0.440. The van der Waals surface area contributed by atoms with E-state index in [4.69, 9.17) is 21.1 Å². The van der Waals surface area contributed by atoms with Gasteiger partial charge in [0.05, 0.1) is 12.8 Å². The van der Waals surface area contributed by atoms with Gasteiger partial charge in [0.1, 0.15) is 23.3 Å². The number of benzene rings is 1. The predicted molar refractivity (Wildman–Crippen MR) is 130 cm³/mol. The van der Waals surface area contributed by atoms with E-state index in [9.17, 15) is 13.6 Å². The molecule has 11 heteroatoms. The molecule has 192 valence electrons. The molecule has 0 radical (unpaired) electrons. The van der Waals surface area contributed by atoms with Crippen LogP contribution >= 0.6 is 11.6 Å². The van der Waals surface area contributed by atoms with E-state index < -0.39 is 23.3 Å². The maximum atomic E-state index is 14.2. The van der Waals surface area contributed by atoms with Crippen LogP contribution in [0.5, 0.6) is 5.75 Å². The van der Waals surface area contributed by atoms with Crippen molar-refractivity contribution in [2.24, 2.45) is 5.92 Å². The minimum atomic E-state index is -0.737. The minimum Gasteiger partial charge on any atom is -0.488 e. The van der Waals surface area contributed by atoms with Crippen LogP contribution in [0.2, 0.25) is 5.15 Å². The number of ether oxygens (including phenoxy) is 2. The fourth-order valence-electron chi connectivity index (χ4n) is 4.11. The summed E-state index contributed by atoms with van der Waals surface area (Å²) in [5.41, 5.74) is 0.0210. The Hall–Kier alpha value is -3.27. The molecule has 1 N–H and O–H groups in total. The first kappa shape index (κ1) is 25.8. The molecule has 1 aliphatic rings. The maximum Gasteiger partial charge on any atom is 0.407 e. The smallest absolute Gasteiger partial charge is 0.407 e. The van der Waals surface area contributed by atoms with Gasteiger partial charge < -0.3 is 14.8 Å². The molecular weight excluding hydrogens is 492 g/mol. The highest BCUT2D eigenvalue weighted by Crippen LogP contribution is 2.35. The summed E-state index contributed by atoms with van der Waals surface area (Å²) in [4.78, 5) is 20.3. The van der Waals surface area contributed by atoms with Crippen LogP contribution in [-0.4, -0.2) is 44.1 Å². The molecule has 1 aliphatic carbocycles. The molecular formula is C25H28ClF2N5O3. The highest BCUT2D eigenvalue weighted by molar-refractivity contribution is 6.31. The number of halogens is 3. The Labute approximate surface area is 213 Å². The molecule has 0 spiro atoms. The Kier molecular flexibility index (Phi) is 7.73. The van der Waals surface area contributed by atoms with Gasteiger partial charge in [-0.05, 0) is 64.5 Å². The second-order valence-electron chi connectivity index (χ2n) is 9.76. The van der Waals surface area contributed by atoms with Crippen molar-refractivity contribution in [3.8, 4) is 22.7 Å². The van der Waals surface area contributed by atoms with Gasteiger partial charge in [-0.15, -0.1) is 0 Å². The van der Waals surface area contributed by atoms with E-state index in [0.717, 1.165) is 42.5 Å². The highest BCUT2D eigenvalue weighted by Gasteiger charge is 2.26. The molecule has 0 saturated heterocycles. The number of amides is 1. The van der Waals surface area contributed by atoms with Crippen LogP contribution in [0, 0.1) is 17.6 Å². The number of carbonyl (C=O) groups is 1. The van der Waals surface area contributed by atoms with Crippen LogP contribution < -0.4 is 10.1 Å². The average Bonchev–Trinajstić information content (AvgIpc) is 3.27. The van der Waals surface area contributed by atoms with Crippen LogP contribution in [0.1, 0.15) is 46.5 Å². The van der Waals surface area contributed by atoms with Gasteiger partial charge in [0.15, 0.2) is 22.5 Å². The van der Waals surface area contributed by atoms with Crippen molar-refractivity contribution in [3.63, 3.8) is 0 Å². The lowest BCUT2D eigenvalue weighted by Gasteiger charge is -2.30. The van der Waals surface area contributed by atoms with Crippen molar-refractivity contribution in [2.45, 2.75) is 58.1 Å². The van der Waals surface area contributed by atoms with E-state index in [-0.39, 0.29) is 28.5 Å². The van der Waals surface area contributed by atoms with Gasteiger partial charge in [-0.1, -0.05) is 17.7 Å². The summed E-state index contributed by atoms with van der Waals surface area (Å²) in [5, 5.41) is 7.15. The van der Waals surface area contributed by atoms with Gasteiger partial charge in [0.25, 0.3) is 0 Å². The van der Waals surface area contributed by atoms with Crippen molar-refractivity contribution in [1.82, 2.24) is 25.1 Å². The first-order valence-corrected chi connectivity index (χ1v) is 12.1. The fourth-order valence-corrected chi connectivity index (χ4v) is 4.30. The highest BCUT2D eigenvalue weighted by atomic mass is 35.5. The molecule has 0 atom stereocenters. The quantitative estimate of drug-likeness (QED) is 0.419. The van der Waals surface area contributed by atoms with Gasteiger partial charge in [-0.3, -0.25) is 0 Å². The second-order valence-corrected chi connectivity index (χ2v) is 10.1. The molecule has 2 aromatic heterocycles. The summed E-state index contributed by atoms with van der Waals surface area (Å²) in [5.74, 6) is -0.944. The summed E-state index contributed by atoms with van der Waals surface area (Å²) in [6.45, 7) is 5.87. The summed E-state index contributed by atoms with van der Waals surface area (Å²) >= 11 is 6.32. The van der Waals surface area contributed by atoms with Crippen LogP contribution in [0.4, 0.5) is 13.6 Å². The number of nitrogens with zero attached hydrogens (tertiary/aromatic N) is 4. The normalized spacial score (nSPS) is 18.1. The topological polar surface area (TPSA) is 91.2 Å². The van der Waals surface area contributed by atoms with Crippen LogP contribution in [0.3, 0.4) is 0 Å². The zero-order chi connectivity index (χ0) is 25.9. The van der Waals surface area contributed by atoms with Crippen molar-refractivity contribution in [2.75, 3.05) is 6.61 Å². The maximum absolute atomic E-state index is 14.2. The van der Waals surface area contributed by atoms with E-state index in [2.05, 4.69) is 20.4 Å². The molecule has 3 aromatic rings. The van der Waals surface area contributed by atoms with Crippen molar-refractivity contribution in [3.05, 3.63) is 53.7 Å². The summed E-state index contributed by atoms with van der Waals surface area (Å²) < 4.78 is 40.9. The van der Waals surface area contributed by atoms with Gasteiger partial charge >= 0.3 is 6.09 Å². The first-order valence-electron chi connectivity index (χ1n) is 11.7. The molecule has 1 aromatic carbocycles. The average molecular weight is 520 g/mol. The number of aromatic nitrogens is 4. The SMILES string of the molecule is CC(C)(C)OC(=O)NC1CCC(COc2c(Cl)ncnc2-c2cnn(-c3c(F)cccc3F)c2)CC1. The Balaban J connectivity index is 1.40. The number of rotatable bonds is 6. The lowest BCUT2D eigenvalue weighted by Crippen LogP contribution is -2.41. The molecule has 0 unspecified atom stereocenters. The largest absolute Gasteiger partial charge is 0.488 e. The van der Waals surface area contributed by atoms with Crippen molar-refractivity contribution in [1.29, 1.82) is 0 Å². The summed E-state index contributed by atoms with van der Waals surface area (Å²) in [7, 11) is 0. The summed E-state index contributed by atoms with van der Waals surface area (Å²) in [6, 6.07) is 3.66. The zero-order valence-electron chi connectivity index (χ0n) is 20.3. The van der Waals surface area contributed by atoms with E-state index in [1.807, 2.05) is 20.8 Å². The lowest BCUT2D eigenvalue weighted by molar-refractivity contribution is 0.0483. The monoisotopic (exact) mass is 519 g/mol. The van der Waals surface area contributed by atoms with Crippen LogP contribution in [0.25, 0.3) is 16.9 Å². The Morgan fingerprint density at radius 2 is 1.86 bits per heavy atom. The number of nitrogens with one attached hydrogen (secondary N) is 1. The third-order valence-electron chi connectivity index (χ3n) is 5.81. The molecule has 0 bridgehead atoms. The number of hydrogen-bond acceptors (Lipinski definition) is 6. The molecule has 4 rings (SSSR count). The second kappa shape index (κ2) is 10.8. The van der Waals surface area contributed by atoms with Gasteiger partial charge in [0.2, 0.25) is 0 Å². The van der Waals surface area contributed by atoms with Crippen LogP contribution in [0.15, 0.2) is 36.9 Å². The van der Waals surface area contributed by atoms with Gasteiger partial charge in [-0.25, -0.2) is 28.2 Å². The van der Waals surface area contributed by atoms with E-state index in [1.165, 1.54) is 24.8 Å². The Morgan fingerprint density at radius 3 is 2.53 bits per heavy atom. The molecule has 1 saturated carbocycles. The molecule has 0 aliphatic heterocycles. The number of para-hydroxylation sites is 1. The third kappa shape index (κ3) is 6.29. The molecule has 36 heavy (non-hydrogen) atoms. The lowest BCUT2D eigenvalue weighted by atomic mass is 9.86. The molecule has 1 fully saturated rings. The number of carbonyl (C=O) groups excluding carboxylic acids is 1. The van der Waals surface area contributed by atoms with E-state index in [1.54, 1.807) is 0 Å². The predicted octanol–water partition coefficient (Wildman–Crippen LogP) is 5.72. The number of hydrogen-bond donors (Lipinski definition) is 1. The van der Waals surface area contributed by atoms with Gasteiger partial charge in [0, 0.05) is 17.8 Å². The Bertz CT molecular complexity index is 1200. The minimum absolute atomic E-state index is 0.0555. The molecule has 1 amide bonds. The zero-order valence-corrected chi connectivity index (χ0v) is 21.1. The van der Waals surface area contributed by atoms with E-state index in [0.29, 0.717) is 17.9 Å². The Morgan fingerprint density at radius 1 is 1.17 bits per heavy atom. The standard InChI is InChI=1S/C25H28ClF2N5O3/c1-25(2,3)36-24(34)32-17-9-7-15(8-10-17)13-35-22-20(29-14-30-23(22)26)16-11-31-33(12-16)21-18(27)5-4-6-19(21)28/h4-6,11-12,14-15,17H,7-10,13H2,1-3H3,(H,32,34). The number of alkyl carbamates (subject to hydrolysis) is 1. The van der Waals surface area contributed by atoms with Crippen LogP contribution in [-0.2, 0) is 4.74 Å². The summed E-state index contributed by atoms with van der Waals surface area (Å²) in [6.07, 6.45) is 7.10. The first-order chi connectivity index (χ1) is 17.1. The third-order valence-corrected chi connectivity index (χ3v) is 6.08.